The van der Waals surface area contributed by atoms with E-state index in [0.717, 1.165) is 6.07 Å². The van der Waals surface area contributed by atoms with Crippen LogP contribution in [0, 0.1) is 6.92 Å². The summed E-state index contributed by atoms with van der Waals surface area (Å²) in [5.74, 6) is -0.249. The minimum absolute atomic E-state index is 0.000765. The molecule has 0 aliphatic rings. The minimum Gasteiger partial charge on any atom is -0.452 e. The Kier molecular flexibility index (Phi) is 5.50. The lowest BCUT2D eigenvalue weighted by atomic mass is 10.1. The summed E-state index contributed by atoms with van der Waals surface area (Å²) in [4.78, 5) is 11.9. The number of esters is 1. The van der Waals surface area contributed by atoms with E-state index in [1.165, 1.54) is 12.1 Å². The van der Waals surface area contributed by atoms with Gasteiger partial charge in [0.05, 0.1) is 10.6 Å². The quantitative estimate of drug-likeness (QED) is 0.784. The second-order valence-corrected chi connectivity index (χ2v) is 8.35. The molecular formula is C15H18ClN3O5S. The number of halogens is 1. The predicted molar refractivity (Wildman–Crippen MR) is 89.7 cm³/mol. The molecule has 1 heterocycles. The molecular weight excluding hydrogens is 370 g/mol. The molecule has 0 atom stereocenters. The largest absolute Gasteiger partial charge is 0.452 e. The fourth-order valence-corrected chi connectivity index (χ4v) is 3.85. The number of carbonyl (C=O) groups excluding carboxylic acids is 1. The molecule has 0 aliphatic carbocycles. The lowest BCUT2D eigenvalue weighted by molar-refractivity contribution is 0.0436. The fraction of sp³-hybridized carbons (Fsp3) is 0.400. The Labute approximate surface area is 150 Å². The van der Waals surface area contributed by atoms with Gasteiger partial charge in [-0.1, -0.05) is 11.6 Å². The molecule has 25 heavy (non-hydrogen) atoms. The maximum absolute atomic E-state index is 12.4. The van der Waals surface area contributed by atoms with Crippen LogP contribution in [0.2, 0.25) is 5.02 Å². The van der Waals surface area contributed by atoms with Crippen molar-refractivity contribution in [2.75, 3.05) is 0 Å². The molecule has 0 fully saturated rings. The number of aryl methyl sites for hydroxylation is 1. The number of rotatable bonds is 5. The van der Waals surface area contributed by atoms with E-state index in [1.54, 1.807) is 27.7 Å². The molecule has 2 rings (SSSR count). The molecule has 1 aromatic carbocycles. The van der Waals surface area contributed by atoms with Crippen molar-refractivity contribution in [1.29, 1.82) is 0 Å². The molecule has 8 nitrogen and oxygen atoms in total. The van der Waals surface area contributed by atoms with Crippen LogP contribution >= 0.6 is 11.6 Å². The van der Waals surface area contributed by atoms with Crippen LogP contribution in [0.4, 0.5) is 0 Å². The number of nitrogens with zero attached hydrogens (tertiary/aromatic N) is 2. The number of aromatic nitrogens is 2. The minimum atomic E-state index is -3.90. The lowest BCUT2D eigenvalue weighted by Crippen LogP contribution is -2.40. The van der Waals surface area contributed by atoms with Crippen LogP contribution in [0.15, 0.2) is 27.5 Å². The first-order valence-electron chi connectivity index (χ1n) is 7.27. The number of carbonyl (C=O) groups is 1. The SMILES string of the molecule is Cc1nnc(COC(=O)c2ccc(Cl)c(S(=O)(=O)NC(C)(C)C)c2)o1. The summed E-state index contributed by atoms with van der Waals surface area (Å²) in [7, 11) is -3.90. The average molecular weight is 388 g/mol. The molecule has 136 valence electrons. The van der Waals surface area contributed by atoms with Gasteiger partial charge in [-0.25, -0.2) is 17.9 Å². The van der Waals surface area contributed by atoms with Crippen molar-refractivity contribution in [1.82, 2.24) is 14.9 Å². The summed E-state index contributed by atoms with van der Waals surface area (Å²) in [6, 6.07) is 3.86. The Balaban J connectivity index is 2.21. The van der Waals surface area contributed by atoms with Gasteiger partial charge < -0.3 is 9.15 Å². The first-order chi connectivity index (χ1) is 11.5. The van der Waals surface area contributed by atoms with E-state index in [9.17, 15) is 13.2 Å². The van der Waals surface area contributed by atoms with Crippen molar-refractivity contribution in [3.63, 3.8) is 0 Å². The summed E-state index contributed by atoms with van der Waals surface area (Å²) in [5, 5.41) is 7.32. The van der Waals surface area contributed by atoms with Gasteiger partial charge in [0, 0.05) is 12.5 Å². The summed E-state index contributed by atoms with van der Waals surface area (Å²) in [6.45, 7) is 6.48. The predicted octanol–water partition coefficient (Wildman–Crippen LogP) is 2.47. The summed E-state index contributed by atoms with van der Waals surface area (Å²) in [6.07, 6.45) is 0. The standard InChI is InChI=1S/C15H18ClN3O5S/c1-9-17-18-13(24-9)8-23-14(20)10-5-6-11(16)12(7-10)25(21,22)19-15(2,3)4/h5-7,19H,8H2,1-4H3. The summed E-state index contributed by atoms with van der Waals surface area (Å²) < 4.78 is 37.5. The molecule has 10 heteroatoms. The van der Waals surface area contributed by atoms with Gasteiger partial charge in [0.2, 0.25) is 15.9 Å². The third-order valence-electron chi connectivity index (χ3n) is 2.79. The smallest absolute Gasteiger partial charge is 0.338 e. The number of ether oxygens (including phenoxy) is 1. The molecule has 0 amide bonds. The van der Waals surface area contributed by atoms with Crippen LogP contribution < -0.4 is 4.72 Å². The van der Waals surface area contributed by atoms with Crippen molar-refractivity contribution in [2.45, 2.75) is 44.7 Å². The Morgan fingerprint density at radius 2 is 2.00 bits per heavy atom. The zero-order chi connectivity index (χ0) is 18.8. The summed E-state index contributed by atoms with van der Waals surface area (Å²) in [5.41, 5.74) is -0.663. The Bertz CT molecular complexity index is 887. The van der Waals surface area contributed by atoms with Crippen molar-refractivity contribution in [3.8, 4) is 0 Å². The van der Waals surface area contributed by atoms with E-state index in [2.05, 4.69) is 14.9 Å². The normalized spacial score (nSPS) is 12.2. The molecule has 0 saturated heterocycles. The van der Waals surface area contributed by atoms with Gasteiger partial charge in [0.25, 0.3) is 5.89 Å². The highest BCUT2D eigenvalue weighted by molar-refractivity contribution is 7.89. The molecule has 0 unspecified atom stereocenters. The molecule has 2 aromatic rings. The Morgan fingerprint density at radius 1 is 1.32 bits per heavy atom. The van der Waals surface area contributed by atoms with Gasteiger partial charge in [-0.2, -0.15) is 0 Å². The van der Waals surface area contributed by atoms with Crippen LogP contribution in [0.5, 0.6) is 0 Å². The molecule has 0 saturated carbocycles. The number of sulfonamides is 1. The molecule has 1 aromatic heterocycles. The highest BCUT2D eigenvalue weighted by Gasteiger charge is 2.25. The van der Waals surface area contributed by atoms with E-state index in [1.807, 2.05) is 0 Å². The lowest BCUT2D eigenvalue weighted by Gasteiger charge is -2.21. The first kappa shape index (κ1) is 19.4. The second kappa shape index (κ2) is 7.11. The zero-order valence-corrected chi connectivity index (χ0v) is 15.7. The molecule has 0 bridgehead atoms. The molecule has 0 radical (unpaired) electrons. The number of benzene rings is 1. The van der Waals surface area contributed by atoms with Crippen molar-refractivity contribution < 1.29 is 22.4 Å². The number of nitrogens with one attached hydrogen (secondary N) is 1. The topological polar surface area (TPSA) is 111 Å². The van der Waals surface area contributed by atoms with Crippen molar-refractivity contribution in [2.24, 2.45) is 0 Å². The molecule has 0 spiro atoms. The van der Waals surface area contributed by atoms with Crippen LogP contribution in [0.1, 0.15) is 42.9 Å². The fourth-order valence-electron chi connectivity index (χ4n) is 1.90. The van der Waals surface area contributed by atoms with E-state index in [-0.39, 0.29) is 28.0 Å². The van der Waals surface area contributed by atoms with E-state index >= 15 is 0 Å². The highest BCUT2D eigenvalue weighted by Crippen LogP contribution is 2.24. The maximum atomic E-state index is 12.4. The van der Waals surface area contributed by atoms with E-state index < -0.39 is 21.5 Å². The van der Waals surface area contributed by atoms with Crippen LogP contribution in [0.3, 0.4) is 0 Å². The van der Waals surface area contributed by atoms with Crippen LogP contribution in [-0.4, -0.2) is 30.1 Å². The van der Waals surface area contributed by atoms with E-state index in [0.29, 0.717) is 5.89 Å². The van der Waals surface area contributed by atoms with E-state index in [4.69, 9.17) is 20.8 Å². The number of hydrogen-bond donors (Lipinski definition) is 1. The Hall–Kier alpha value is -1.97. The highest BCUT2D eigenvalue weighted by atomic mass is 35.5. The van der Waals surface area contributed by atoms with Gasteiger partial charge in [-0.3, -0.25) is 0 Å². The second-order valence-electron chi connectivity index (χ2n) is 6.29. The molecule has 1 N–H and O–H groups in total. The summed E-state index contributed by atoms with van der Waals surface area (Å²) >= 11 is 5.99. The number of hydrogen-bond acceptors (Lipinski definition) is 7. The third-order valence-corrected chi connectivity index (χ3v) is 5.03. The van der Waals surface area contributed by atoms with Gasteiger partial charge in [0.15, 0.2) is 6.61 Å². The third kappa shape index (κ3) is 5.25. The van der Waals surface area contributed by atoms with Gasteiger partial charge in [-0.05, 0) is 39.0 Å². The maximum Gasteiger partial charge on any atom is 0.338 e. The van der Waals surface area contributed by atoms with Crippen molar-refractivity contribution >= 4 is 27.6 Å². The first-order valence-corrected chi connectivity index (χ1v) is 9.14. The van der Waals surface area contributed by atoms with Gasteiger partial charge in [-0.15, -0.1) is 10.2 Å². The van der Waals surface area contributed by atoms with Crippen LogP contribution in [0.25, 0.3) is 0 Å². The zero-order valence-electron chi connectivity index (χ0n) is 14.2. The van der Waals surface area contributed by atoms with Crippen LogP contribution in [-0.2, 0) is 21.4 Å². The molecule has 0 aliphatic heterocycles. The van der Waals surface area contributed by atoms with Gasteiger partial charge >= 0.3 is 5.97 Å². The average Bonchev–Trinajstić information content (AvgIpc) is 2.88. The monoisotopic (exact) mass is 387 g/mol. The van der Waals surface area contributed by atoms with Gasteiger partial charge in [0.1, 0.15) is 4.90 Å². The Morgan fingerprint density at radius 3 is 2.56 bits per heavy atom. The van der Waals surface area contributed by atoms with Crippen molar-refractivity contribution in [3.05, 3.63) is 40.6 Å².